The highest BCUT2D eigenvalue weighted by atomic mass is 16.5. The monoisotopic (exact) mass is 345 g/mol. The van der Waals surface area contributed by atoms with Crippen LogP contribution in [0.4, 0.5) is 11.6 Å². The van der Waals surface area contributed by atoms with Gasteiger partial charge in [-0.25, -0.2) is 9.97 Å². The Morgan fingerprint density at radius 2 is 1.92 bits per heavy atom. The van der Waals surface area contributed by atoms with Crippen LogP contribution in [0.25, 0.3) is 22.0 Å². The summed E-state index contributed by atoms with van der Waals surface area (Å²) in [7, 11) is 1.67. The number of aromatic nitrogens is 4. The van der Waals surface area contributed by atoms with Crippen LogP contribution in [0.15, 0.2) is 61.1 Å². The number of fused-ring (bicyclic) bond motifs is 1. The van der Waals surface area contributed by atoms with E-state index in [1.165, 1.54) is 0 Å². The first-order valence-electron chi connectivity index (χ1n) is 8.46. The molecule has 0 aliphatic heterocycles. The summed E-state index contributed by atoms with van der Waals surface area (Å²) >= 11 is 0. The fourth-order valence-electron chi connectivity index (χ4n) is 2.85. The Hall–Kier alpha value is -3.41. The van der Waals surface area contributed by atoms with Crippen LogP contribution in [0.3, 0.4) is 0 Å². The molecule has 0 saturated heterocycles. The van der Waals surface area contributed by atoms with E-state index in [0.717, 1.165) is 40.0 Å². The highest BCUT2D eigenvalue weighted by molar-refractivity contribution is 5.93. The van der Waals surface area contributed by atoms with Crippen LogP contribution in [0.2, 0.25) is 0 Å². The molecule has 0 spiro atoms. The summed E-state index contributed by atoms with van der Waals surface area (Å²) in [6.45, 7) is 2.87. The molecule has 2 aromatic carbocycles. The van der Waals surface area contributed by atoms with Crippen LogP contribution in [-0.4, -0.2) is 26.9 Å². The first-order valence-corrected chi connectivity index (χ1v) is 8.46. The van der Waals surface area contributed by atoms with Gasteiger partial charge in [-0.05, 0) is 24.6 Å². The normalized spacial score (nSPS) is 10.8. The van der Waals surface area contributed by atoms with Crippen molar-refractivity contribution in [1.29, 1.82) is 0 Å². The maximum Gasteiger partial charge on any atom is 0.227 e. The molecule has 4 rings (SSSR count). The standard InChI is InChI=1S/C20H19N5O/c1-3-25-13-16(12-22-25)23-20-21-11-15-5-4-6-18(19(15)24-20)14-7-9-17(26-2)10-8-14/h4-13H,3H2,1-2H3,(H,21,23,24). The first-order chi connectivity index (χ1) is 12.8. The molecule has 0 unspecified atom stereocenters. The SMILES string of the molecule is CCn1cc(Nc2ncc3cccc(-c4ccc(OC)cc4)c3n2)cn1. The highest BCUT2D eigenvalue weighted by Gasteiger charge is 2.08. The second-order valence-corrected chi connectivity index (χ2v) is 5.88. The van der Waals surface area contributed by atoms with Crippen LogP contribution >= 0.6 is 0 Å². The third-order valence-corrected chi connectivity index (χ3v) is 4.23. The molecule has 2 aromatic heterocycles. The van der Waals surface area contributed by atoms with Crippen LogP contribution in [0.5, 0.6) is 5.75 Å². The molecule has 0 amide bonds. The van der Waals surface area contributed by atoms with Gasteiger partial charge in [0.25, 0.3) is 0 Å². The lowest BCUT2D eigenvalue weighted by atomic mass is 10.0. The van der Waals surface area contributed by atoms with Gasteiger partial charge in [-0.3, -0.25) is 4.68 Å². The van der Waals surface area contributed by atoms with Gasteiger partial charge in [0.05, 0.1) is 24.5 Å². The average Bonchev–Trinajstić information content (AvgIpc) is 3.15. The topological polar surface area (TPSA) is 64.9 Å². The third kappa shape index (κ3) is 3.09. The van der Waals surface area contributed by atoms with Crippen molar-refractivity contribution in [3.63, 3.8) is 0 Å². The molecule has 130 valence electrons. The maximum atomic E-state index is 5.25. The van der Waals surface area contributed by atoms with E-state index in [-0.39, 0.29) is 0 Å². The fraction of sp³-hybridized carbons (Fsp3) is 0.150. The molecular formula is C20H19N5O. The van der Waals surface area contributed by atoms with Crippen molar-refractivity contribution in [2.45, 2.75) is 13.5 Å². The van der Waals surface area contributed by atoms with E-state index in [0.29, 0.717) is 5.95 Å². The zero-order valence-electron chi connectivity index (χ0n) is 14.7. The summed E-state index contributed by atoms with van der Waals surface area (Å²) in [6.07, 6.45) is 5.54. The Balaban J connectivity index is 1.73. The number of benzene rings is 2. The number of ether oxygens (including phenoxy) is 1. The van der Waals surface area contributed by atoms with Gasteiger partial charge in [0.2, 0.25) is 5.95 Å². The molecule has 0 fully saturated rings. The predicted molar refractivity (Wildman–Crippen MR) is 103 cm³/mol. The van der Waals surface area contributed by atoms with Gasteiger partial charge in [0, 0.05) is 29.9 Å². The predicted octanol–water partition coefficient (Wildman–Crippen LogP) is 4.27. The van der Waals surface area contributed by atoms with Gasteiger partial charge in [0.15, 0.2) is 0 Å². The minimum atomic E-state index is 0.550. The van der Waals surface area contributed by atoms with E-state index in [1.807, 2.05) is 60.4 Å². The molecule has 2 heterocycles. The molecule has 0 saturated carbocycles. The molecule has 0 aliphatic rings. The minimum absolute atomic E-state index is 0.550. The van der Waals surface area contributed by atoms with Crippen molar-refractivity contribution in [3.8, 4) is 16.9 Å². The highest BCUT2D eigenvalue weighted by Crippen LogP contribution is 2.29. The molecule has 0 aliphatic carbocycles. The molecule has 0 bridgehead atoms. The van der Waals surface area contributed by atoms with E-state index in [9.17, 15) is 0 Å². The lowest BCUT2D eigenvalue weighted by molar-refractivity contribution is 0.415. The number of aryl methyl sites for hydroxylation is 1. The maximum absolute atomic E-state index is 5.25. The van der Waals surface area contributed by atoms with Crippen molar-refractivity contribution in [1.82, 2.24) is 19.7 Å². The summed E-state index contributed by atoms with van der Waals surface area (Å²) < 4.78 is 7.10. The number of anilines is 2. The number of methoxy groups -OCH3 is 1. The van der Waals surface area contributed by atoms with Crippen molar-refractivity contribution in [2.75, 3.05) is 12.4 Å². The van der Waals surface area contributed by atoms with Crippen molar-refractivity contribution >= 4 is 22.5 Å². The summed E-state index contributed by atoms with van der Waals surface area (Å²) in [4.78, 5) is 9.15. The first kappa shape index (κ1) is 16.1. The van der Waals surface area contributed by atoms with Crippen LogP contribution < -0.4 is 10.1 Å². The summed E-state index contributed by atoms with van der Waals surface area (Å²) in [5.41, 5.74) is 3.91. The number of rotatable bonds is 5. The summed E-state index contributed by atoms with van der Waals surface area (Å²) in [5, 5.41) is 8.48. The molecule has 26 heavy (non-hydrogen) atoms. The second-order valence-electron chi connectivity index (χ2n) is 5.88. The third-order valence-electron chi connectivity index (χ3n) is 4.23. The fourth-order valence-corrected chi connectivity index (χ4v) is 2.85. The smallest absolute Gasteiger partial charge is 0.227 e. The van der Waals surface area contributed by atoms with Gasteiger partial charge in [-0.1, -0.05) is 30.3 Å². The molecule has 0 radical (unpaired) electrons. The Morgan fingerprint density at radius 3 is 2.65 bits per heavy atom. The van der Waals surface area contributed by atoms with Gasteiger partial charge in [-0.15, -0.1) is 0 Å². The summed E-state index contributed by atoms with van der Waals surface area (Å²) in [6, 6.07) is 14.1. The van der Waals surface area contributed by atoms with Gasteiger partial charge in [0.1, 0.15) is 5.75 Å². The lowest BCUT2D eigenvalue weighted by Crippen LogP contribution is -1.97. The van der Waals surface area contributed by atoms with E-state index < -0.39 is 0 Å². The molecule has 1 N–H and O–H groups in total. The van der Waals surface area contributed by atoms with E-state index >= 15 is 0 Å². The Labute approximate surface area is 151 Å². The van der Waals surface area contributed by atoms with E-state index in [2.05, 4.69) is 21.5 Å². The van der Waals surface area contributed by atoms with Crippen LogP contribution in [0.1, 0.15) is 6.92 Å². The van der Waals surface area contributed by atoms with Gasteiger partial charge < -0.3 is 10.1 Å². The van der Waals surface area contributed by atoms with Crippen molar-refractivity contribution in [2.24, 2.45) is 0 Å². The second kappa shape index (κ2) is 6.84. The minimum Gasteiger partial charge on any atom is -0.497 e. The van der Waals surface area contributed by atoms with E-state index in [4.69, 9.17) is 9.72 Å². The Bertz CT molecular complexity index is 1040. The van der Waals surface area contributed by atoms with Crippen LogP contribution in [0, 0.1) is 0 Å². The average molecular weight is 345 g/mol. The molecule has 4 aromatic rings. The van der Waals surface area contributed by atoms with Crippen molar-refractivity contribution in [3.05, 3.63) is 61.1 Å². The number of hydrogen-bond acceptors (Lipinski definition) is 5. The molecule has 0 atom stereocenters. The van der Waals surface area contributed by atoms with Gasteiger partial charge in [-0.2, -0.15) is 5.10 Å². The van der Waals surface area contributed by atoms with E-state index in [1.54, 1.807) is 13.3 Å². The number of nitrogens with zero attached hydrogens (tertiary/aromatic N) is 4. The Kier molecular flexibility index (Phi) is 4.23. The molecular weight excluding hydrogens is 326 g/mol. The summed E-state index contributed by atoms with van der Waals surface area (Å²) in [5.74, 6) is 1.38. The van der Waals surface area contributed by atoms with Gasteiger partial charge >= 0.3 is 0 Å². The number of hydrogen-bond donors (Lipinski definition) is 1. The lowest BCUT2D eigenvalue weighted by Gasteiger charge is -2.09. The Morgan fingerprint density at radius 1 is 1.08 bits per heavy atom. The van der Waals surface area contributed by atoms with Crippen LogP contribution in [-0.2, 0) is 6.54 Å². The molecule has 6 nitrogen and oxygen atoms in total. The zero-order valence-corrected chi connectivity index (χ0v) is 14.7. The largest absolute Gasteiger partial charge is 0.497 e. The quantitative estimate of drug-likeness (QED) is 0.585. The zero-order chi connectivity index (χ0) is 17.9. The van der Waals surface area contributed by atoms with Crippen molar-refractivity contribution < 1.29 is 4.74 Å². The number of nitrogens with one attached hydrogen (secondary N) is 1. The number of para-hydroxylation sites is 1. The molecule has 6 heteroatoms.